The molecule has 0 radical (unpaired) electrons. The lowest BCUT2D eigenvalue weighted by Crippen LogP contribution is -2.28. The number of anilines is 2. The summed E-state index contributed by atoms with van der Waals surface area (Å²) in [5.74, 6) is -2.66. The molecular weight excluding hydrogens is 483 g/mol. The number of benzene rings is 2. The van der Waals surface area contributed by atoms with Gasteiger partial charge in [-0.25, -0.2) is 4.79 Å². The van der Waals surface area contributed by atoms with Crippen molar-refractivity contribution in [2.45, 2.75) is 26.2 Å². The molecule has 2 aromatic carbocycles. The van der Waals surface area contributed by atoms with Crippen LogP contribution >= 0.6 is 23.2 Å². The Morgan fingerprint density at radius 1 is 1.09 bits per heavy atom. The molecule has 0 spiro atoms. The van der Waals surface area contributed by atoms with Crippen molar-refractivity contribution >= 4 is 58.3 Å². The maximum atomic E-state index is 12.4. The molecule has 1 N–H and O–H groups in total. The minimum Gasteiger partial charge on any atom is -0.462 e. The number of amides is 2. The molecule has 180 valence electrons. The number of halogens is 2. The van der Waals surface area contributed by atoms with Gasteiger partial charge in [0.05, 0.1) is 33.8 Å². The van der Waals surface area contributed by atoms with Gasteiger partial charge in [0, 0.05) is 18.7 Å². The molecule has 0 bridgehead atoms. The van der Waals surface area contributed by atoms with Crippen LogP contribution < -0.4 is 10.2 Å². The highest BCUT2D eigenvalue weighted by Crippen LogP contribution is 2.35. The van der Waals surface area contributed by atoms with E-state index in [1.807, 2.05) is 6.92 Å². The van der Waals surface area contributed by atoms with Crippen molar-refractivity contribution in [1.82, 2.24) is 0 Å². The normalized spacial score (nSPS) is 15.2. The minimum absolute atomic E-state index is 0.0564. The van der Waals surface area contributed by atoms with Crippen LogP contribution in [0.4, 0.5) is 11.4 Å². The molecule has 1 fully saturated rings. The van der Waals surface area contributed by atoms with E-state index in [4.69, 9.17) is 32.7 Å². The lowest BCUT2D eigenvalue weighted by molar-refractivity contribution is -0.151. The van der Waals surface area contributed by atoms with Gasteiger partial charge in [0.1, 0.15) is 0 Å². The zero-order valence-electron chi connectivity index (χ0n) is 18.5. The first-order chi connectivity index (χ1) is 16.3. The van der Waals surface area contributed by atoms with E-state index in [1.165, 1.54) is 17.0 Å². The van der Waals surface area contributed by atoms with Gasteiger partial charge in [-0.3, -0.25) is 14.4 Å². The van der Waals surface area contributed by atoms with Crippen LogP contribution in [0.2, 0.25) is 10.0 Å². The number of esters is 2. The lowest BCUT2D eigenvalue weighted by atomic mass is 10.1. The third-order valence-corrected chi connectivity index (χ3v) is 5.97. The Bertz CT molecular complexity index is 1070. The Morgan fingerprint density at radius 3 is 2.53 bits per heavy atom. The fraction of sp³-hybridized carbons (Fsp3) is 0.333. The van der Waals surface area contributed by atoms with Gasteiger partial charge >= 0.3 is 11.9 Å². The summed E-state index contributed by atoms with van der Waals surface area (Å²) in [5.41, 5.74) is 1.23. The summed E-state index contributed by atoms with van der Waals surface area (Å²) in [4.78, 5) is 50.3. The fourth-order valence-corrected chi connectivity index (χ4v) is 3.73. The fourth-order valence-electron chi connectivity index (χ4n) is 3.33. The number of nitrogens with one attached hydrogen (secondary N) is 1. The van der Waals surface area contributed by atoms with E-state index in [-0.39, 0.29) is 23.9 Å². The van der Waals surface area contributed by atoms with Crippen LogP contribution in [-0.4, -0.2) is 43.5 Å². The molecule has 1 saturated heterocycles. The second kappa shape index (κ2) is 11.9. The van der Waals surface area contributed by atoms with Gasteiger partial charge in [-0.1, -0.05) is 42.6 Å². The molecule has 1 atom stereocenters. The average Bonchev–Trinajstić information content (AvgIpc) is 3.21. The van der Waals surface area contributed by atoms with Crippen molar-refractivity contribution in [1.29, 1.82) is 0 Å². The lowest BCUT2D eigenvalue weighted by Gasteiger charge is -2.18. The molecule has 2 aromatic rings. The molecular formula is C24H24Cl2N2O6. The number of hydrogen-bond donors (Lipinski definition) is 1. The second-order valence-corrected chi connectivity index (χ2v) is 8.49. The van der Waals surface area contributed by atoms with Crippen LogP contribution in [0.15, 0.2) is 42.5 Å². The van der Waals surface area contributed by atoms with Gasteiger partial charge < -0.3 is 19.7 Å². The molecule has 0 saturated carbocycles. The predicted octanol–water partition coefficient (Wildman–Crippen LogP) is 4.49. The molecule has 0 unspecified atom stereocenters. The zero-order chi connectivity index (χ0) is 24.7. The summed E-state index contributed by atoms with van der Waals surface area (Å²) in [7, 11) is 0. The van der Waals surface area contributed by atoms with Gasteiger partial charge in [0.15, 0.2) is 6.61 Å². The summed E-state index contributed by atoms with van der Waals surface area (Å²) in [5, 5.41) is 3.12. The van der Waals surface area contributed by atoms with E-state index in [1.54, 1.807) is 30.3 Å². The number of hydrogen-bond acceptors (Lipinski definition) is 6. The van der Waals surface area contributed by atoms with Gasteiger partial charge in [-0.05, 0) is 42.8 Å². The SMILES string of the molecule is CCCCOC(=O)c1ccc(NC(=O)COC(=O)[C@H]2CC(=O)N(c3cccc(Cl)c3Cl)C2)cc1. The van der Waals surface area contributed by atoms with Crippen molar-refractivity contribution in [3.8, 4) is 0 Å². The van der Waals surface area contributed by atoms with Crippen LogP contribution in [0.5, 0.6) is 0 Å². The van der Waals surface area contributed by atoms with Crippen molar-refractivity contribution in [3.63, 3.8) is 0 Å². The molecule has 1 aliphatic rings. The van der Waals surface area contributed by atoms with Gasteiger partial charge in [-0.2, -0.15) is 0 Å². The molecule has 1 heterocycles. The molecule has 3 rings (SSSR count). The first-order valence-corrected chi connectivity index (χ1v) is 11.5. The molecule has 10 heteroatoms. The van der Waals surface area contributed by atoms with Crippen LogP contribution in [0.1, 0.15) is 36.5 Å². The van der Waals surface area contributed by atoms with Crippen molar-refractivity contribution in [2.75, 3.05) is 30.0 Å². The molecule has 2 amide bonds. The van der Waals surface area contributed by atoms with E-state index in [0.29, 0.717) is 28.6 Å². The van der Waals surface area contributed by atoms with Crippen LogP contribution in [0.25, 0.3) is 0 Å². The summed E-state index contributed by atoms with van der Waals surface area (Å²) in [6.45, 7) is 1.93. The van der Waals surface area contributed by atoms with Gasteiger partial charge in [0.25, 0.3) is 5.91 Å². The summed E-state index contributed by atoms with van der Waals surface area (Å²) in [6.07, 6.45) is 1.66. The maximum absolute atomic E-state index is 12.4. The summed E-state index contributed by atoms with van der Waals surface area (Å²) in [6, 6.07) is 11.1. The molecule has 0 aromatic heterocycles. The van der Waals surface area contributed by atoms with Crippen LogP contribution in [-0.2, 0) is 23.9 Å². The number of rotatable bonds is 9. The highest BCUT2D eigenvalue weighted by molar-refractivity contribution is 6.44. The number of carbonyl (C=O) groups is 4. The molecule has 1 aliphatic heterocycles. The second-order valence-electron chi connectivity index (χ2n) is 7.70. The monoisotopic (exact) mass is 506 g/mol. The standard InChI is InChI=1S/C24H24Cl2N2O6/c1-2-3-11-33-23(31)15-7-9-17(10-8-15)27-20(29)14-34-24(32)16-12-21(30)28(13-16)19-6-4-5-18(25)22(19)26/h4-10,16H,2-3,11-14H2,1H3,(H,27,29)/t16-/m0/s1. The van der Waals surface area contributed by atoms with Crippen molar-refractivity contribution in [2.24, 2.45) is 5.92 Å². The summed E-state index contributed by atoms with van der Waals surface area (Å²) >= 11 is 12.2. The Morgan fingerprint density at radius 2 is 1.82 bits per heavy atom. The first kappa shape index (κ1) is 25.5. The van der Waals surface area contributed by atoms with Crippen LogP contribution in [0, 0.1) is 5.92 Å². The van der Waals surface area contributed by atoms with E-state index in [2.05, 4.69) is 5.32 Å². The van der Waals surface area contributed by atoms with E-state index in [0.717, 1.165) is 12.8 Å². The van der Waals surface area contributed by atoms with E-state index in [9.17, 15) is 19.2 Å². The Balaban J connectivity index is 1.48. The topological polar surface area (TPSA) is 102 Å². The Hall–Kier alpha value is -3.10. The average molecular weight is 507 g/mol. The number of unbranched alkanes of at least 4 members (excludes halogenated alkanes) is 1. The maximum Gasteiger partial charge on any atom is 0.338 e. The number of ether oxygens (including phenoxy) is 2. The highest BCUT2D eigenvalue weighted by Gasteiger charge is 2.37. The number of nitrogens with zero attached hydrogens (tertiary/aromatic N) is 1. The molecule has 8 nitrogen and oxygen atoms in total. The van der Waals surface area contributed by atoms with Crippen molar-refractivity contribution in [3.05, 3.63) is 58.1 Å². The Kier molecular flexibility index (Phi) is 8.90. The summed E-state index contributed by atoms with van der Waals surface area (Å²) < 4.78 is 10.2. The number of carbonyl (C=O) groups excluding carboxylic acids is 4. The smallest absolute Gasteiger partial charge is 0.338 e. The first-order valence-electron chi connectivity index (χ1n) is 10.8. The zero-order valence-corrected chi connectivity index (χ0v) is 20.0. The minimum atomic E-state index is -0.728. The third kappa shape index (κ3) is 6.48. The Labute approximate surface area is 207 Å². The quantitative estimate of drug-likeness (QED) is 0.397. The highest BCUT2D eigenvalue weighted by atomic mass is 35.5. The third-order valence-electron chi connectivity index (χ3n) is 5.16. The molecule has 0 aliphatic carbocycles. The largest absolute Gasteiger partial charge is 0.462 e. The predicted molar refractivity (Wildman–Crippen MR) is 128 cm³/mol. The molecule has 34 heavy (non-hydrogen) atoms. The van der Waals surface area contributed by atoms with Crippen molar-refractivity contribution < 1.29 is 28.7 Å². The van der Waals surface area contributed by atoms with Gasteiger partial charge in [-0.15, -0.1) is 0 Å². The van der Waals surface area contributed by atoms with E-state index >= 15 is 0 Å². The van der Waals surface area contributed by atoms with E-state index < -0.39 is 30.4 Å². The van der Waals surface area contributed by atoms with Crippen LogP contribution in [0.3, 0.4) is 0 Å². The van der Waals surface area contributed by atoms with Gasteiger partial charge in [0.2, 0.25) is 5.91 Å².